The van der Waals surface area contributed by atoms with Crippen LogP contribution in [0.5, 0.6) is 0 Å². The van der Waals surface area contributed by atoms with E-state index in [4.69, 9.17) is 4.74 Å². The lowest BCUT2D eigenvalue weighted by Gasteiger charge is -2.43. The summed E-state index contributed by atoms with van der Waals surface area (Å²) >= 11 is 0. The van der Waals surface area contributed by atoms with Gasteiger partial charge in [0.25, 0.3) is 0 Å². The lowest BCUT2D eigenvalue weighted by Crippen LogP contribution is -2.54. The second-order valence-corrected chi connectivity index (χ2v) is 11.5. The number of alkyl halides is 1. The van der Waals surface area contributed by atoms with Crippen LogP contribution >= 0.6 is 0 Å². The lowest BCUT2D eigenvalue weighted by atomic mass is 9.74. The van der Waals surface area contributed by atoms with Crippen LogP contribution in [0.2, 0.25) is 0 Å². The van der Waals surface area contributed by atoms with Gasteiger partial charge in [-0.2, -0.15) is 0 Å². The largest absolute Gasteiger partial charge is 0.445 e. The summed E-state index contributed by atoms with van der Waals surface area (Å²) in [5, 5.41) is 0. The number of likely N-dealkylation sites (tertiary alicyclic amines) is 1. The van der Waals surface area contributed by atoms with Gasteiger partial charge in [-0.1, -0.05) is 37.3 Å². The molecule has 3 rings (SSSR count). The van der Waals surface area contributed by atoms with Crippen LogP contribution in [0.4, 0.5) is 9.18 Å². The third kappa shape index (κ3) is 5.00. The summed E-state index contributed by atoms with van der Waals surface area (Å²) in [6.07, 6.45) is 0.779. The predicted octanol–water partition coefficient (Wildman–Crippen LogP) is 4.20. The van der Waals surface area contributed by atoms with Gasteiger partial charge in [-0.15, -0.1) is 0 Å². The maximum absolute atomic E-state index is 15.0. The molecule has 1 spiro atoms. The van der Waals surface area contributed by atoms with Crippen LogP contribution in [0.15, 0.2) is 30.3 Å². The summed E-state index contributed by atoms with van der Waals surface area (Å²) < 4.78 is 35.8. The standard InChI is InChI=1S/C22H33FN2O3S/c1-16-14-22(19(18(16)23)24-29(27)21(2,3)4)10-12-25(13-11-22)20(26)28-15-17-8-6-5-7-9-17/h5-9,16,18-19,24H,10-15H2,1-4H3/t16-,18+,19+,29-/m1/s1. The molecule has 1 amide bonds. The molecule has 7 heteroatoms. The Morgan fingerprint density at radius 1 is 1.28 bits per heavy atom. The molecule has 2 fully saturated rings. The molecule has 162 valence electrons. The van der Waals surface area contributed by atoms with Crippen LogP contribution in [0.25, 0.3) is 0 Å². The van der Waals surface area contributed by atoms with Crippen molar-refractivity contribution in [1.82, 2.24) is 9.62 Å². The van der Waals surface area contributed by atoms with Crippen LogP contribution in [0.1, 0.15) is 52.5 Å². The summed E-state index contributed by atoms with van der Waals surface area (Å²) in [6.45, 7) is 8.91. The van der Waals surface area contributed by atoms with Gasteiger partial charge in [0.15, 0.2) is 0 Å². The number of piperidine rings is 1. The van der Waals surface area contributed by atoms with E-state index in [1.807, 2.05) is 58.0 Å². The summed E-state index contributed by atoms with van der Waals surface area (Å²) in [7, 11) is -1.33. The SMILES string of the molecule is C[C@@H]1CC2(CCN(C(=O)OCc3ccccc3)CC2)[C@@H](N[S@](=O)C(C)(C)C)[C@H]1F. The van der Waals surface area contributed by atoms with E-state index in [0.29, 0.717) is 25.9 Å². The molecule has 1 aliphatic carbocycles. The molecule has 0 bridgehead atoms. The average molecular weight is 425 g/mol. The van der Waals surface area contributed by atoms with Crippen molar-refractivity contribution in [2.24, 2.45) is 11.3 Å². The number of carbonyl (C=O) groups is 1. The number of hydrogen-bond donors (Lipinski definition) is 1. The molecule has 1 aromatic carbocycles. The molecule has 1 N–H and O–H groups in total. The quantitative estimate of drug-likeness (QED) is 0.788. The normalized spacial score (nSPS) is 27.8. The molecule has 1 heterocycles. The highest BCUT2D eigenvalue weighted by molar-refractivity contribution is 7.84. The molecule has 1 saturated heterocycles. The Bertz CT molecular complexity index is 729. The molecule has 0 aromatic heterocycles. The van der Waals surface area contributed by atoms with Gasteiger partial charge in [0.2, 0.25) is 0 Å². The van der Waals surface area contributed by atoms with Gasteiger partial charge >= 0.3 is 6.09 Å². The second kappa shape index (κ2) is 8.72. The third-order valence-electron chi connectivity index (χ3n) is 6.26. The number of carbonyl (C=O) groups excluding carboxylic acids is 1. The molecule has 29 heavy (non-hydrogen) atoms. The Morgan fingerprint density at radius 3 is 2.48 bits per heavy atom. The van der Waals surface area contributed by atoms with Crippen molar-refractivity contribution >= 4 is 17.1 Å². The number of amides is 1. The van der Waals surface area contributed by atoms with Crippen LogP contribution in [-0.4, -0.2) is 45.3 Å². The summed E-state index contributed by atoms with van der Waals surface area (Å²) in [5.41, 5.74) is 0.684. The summed E-state index contributed by atoms with van der Waals surface area (Å²) in [4.78, 5) is 14.2. The highest BCUT2D eigenvalue weighted by Crippen LogP contribution is 2.50. The van der Waals surface area contributed by atoms with Gasteiger partial charge in [0.1, 0.15) is 12.8 Å². The molecular weight excluding hydrogens is 391 g/mol. The first kappa shape index (κ1) is 22.2. The first-order valence-electron chi connectivity index (χ1n) is 10.4. The minimum absolute atomic E-state index is 0.0824. The molecule has 0 unspecified atom stereocenters. The van der Waals surface area contributed by atoms with E-state index in [1.54, 1.807) is 4.90 Å². The average Bonchev–Trinajstić information content (AvgIpc) is 2.91. The van der Waals surface area contributed by atoms with Crippen molar-refractivity contribution < 1.29 is 18.1 Å². The van der Waals surface area contributed by atoms with E-state index >= 15 is 4.39 Å². The number of hydrogen-bond acceptors (Lipinski definition) is 3. The zero-order valence-electron chi connectivity index (χ0n) is 17.8. The highest BCUT2D eigenvalue weighted by Gasteiger charge is 2.54. The van der Waals surface area contributed by atoms with Crippen molar-refractivity contribution in [1.29, 1.82) is 0 Å². The molecule has 5 nitrogen and oxygen atoms in total. The van der Waals surface area contributed by atoms with Gasteiger partial charge < -0.3 is 9.64 Å². The molecule has 1 saturated carbocycles. The monoisotopic (exact) mass is 424 g/mol. The molecule has 2 aliphatic rings. The van der Waals surface area contributed by atoms with E-state index in [-0.39, 0.29) is 24.0 Å². The Hall–Kier alpha value is -1.47. The molecule has 4 atom stereocenters. The van der Waals surface area contributed by atoms with Crippen molar-refractivity contribution in [3.05, 3.63) is 35.9 Å². The predicted molar refractivity (Wildman–Crippen MR) is 113 cm³/mol. The van der Waals surface area contributed by atoms with Crippen molar-refractivity contribution in [3.8, 4) is 0 Å². The van der Waals surface area contributed by atoms with E-state index < -0.39 is 27.9 Å². The van der Waals surface area contributed by atoms with Gasteiger partial charge in [0.05, 0.1) is 21.8 Å². The van der Waals surface area contributed by atoms with E-state index in [2.05, 4.69) is 4.72 Å². The maximum atomic E-state index is 15.0. The first-order valence-corrected chi connectivity index (χ1v) is 11.6. The Morgan fingerprint density at radius 2 is 1.90 bits per heavy atom. The highest BCUT2D eigenvalue weighted by atomic mass is 32.2. The van der Waals surface area contributed by atoms with Gasteiger partial charge in [-0.3, -0.25) is 0 Å². The van der Waals surface area contributed by atoms with E-state index in [9.17, 15) is 9.00 Å². The summed E-state index contributed by atoms with van der Waals surface area (Å²) in [6, 6.07) is 9.15. The van der Waals surface area contributed by atoms with Crippen LogP contribution in [-0.2, 0) is 22.3 Å². The smallest absolute Gasteiger partial charge is 0.410 e. The number of rotatable bonds is 4. The molecule has 1 aliphatic heterocycles. The fourth-order valence-corrected chi connectivity index (χ4v) is 5.45. The van der Waals surface area contributed by atoms with Crippen LogP contribution in [0, 0.1) is 11.3 Å². The van der Waals surface area contributed by atoms with Gasteiger partial charge in [-0.05, 0) is 56.9 Å². The topological polar surface area (TPSA) is 58.6 Å². The zero-order valence-corrected chi connectivity index (χ0v) is 18.6. The minimum Gasteiger partial charge on any atom is -0.445 e. The molecule has 0 radical (unpaired) electrons. The Balaban J connectivity index is 1.60. The van der Waals surface area contributed by atoms with Gasteiger partial charge in [0, 0.05) is 13.1 Å². The van der Waals surface area contributed by atoms with Crippen molar-refractivity contribution in [2.45, 2.75) is 70.5 Å². The second-order valence-electron chi connectivity index (χ2n) is 9.49. The van der Waals surface area contributed by atoms with E-state index in [1.165, 1.54) is 0 Å². The minimum atomic E-state index is -1.33. The first-order chi connectivity index (χ1) is 13.6. The molecular formula is C22H33FN2O3S. The Kier molecular flexibility index (Phi) is 6.68. The zero-order chi connectivity index (χ0) is 21.2. The number of nitrogens with zero attached hydrogens (tertiary/aromatic N) is 1. The Labute approximate surface area is 176 Å². The number of halogens is 1. The fraction of sp³-hybridized carbons (Fsp3) is 0.682. The summed E-state index contributed by atoms with van der Waals surface area (Å²) in [5.74, 6) is -0.0824. The fourth-order valence-electron chi connectivity index (χ4n) is 4.49. The van der Waals surface area contributed by atoms with Crippen LogP contribution in [0.3, 0.4) is 0 Å². The van der Waals surface area contributed by atoms with Crippen molar-refractivity contribution in [3.63, 3.8) is 0 Å². The number of ether oxygens (including phenoxy) is 1. The number of benzene rings is 1. The third-order valence-corrected chi connectivity index (χ3v) is 7.84. The number of nitrogens with one attached hydrogen (secondary N) is 1. The van der Waals surface area contributed by atoms with Gasteiger partial charge in [-0.25, -0.2) is 18.1 Å². The van der Waals surface area contributed by atoms with Crippen molar-refractivity contribution in [2.75, 3.05) is 13.1 Å². The lowest BCUT2D eigenvalue weighted by molar-refractivity contribution is 0.0516. The maximum Gasteiger partial charge on any atom is 0.410 e. The molecule has 1 aromatic rings. The van der Waals surface area contributed by atoms with Crippen LogP contribution < -0.4 is 4.72 Å². The van der Waals surface area contributed by atoms with E-state index in [0.717, 1.165) is 12.0 Å².